The van der Waals surface area contributed by atoms with E-state index in [9.17, 15) is 9.59 Å². The number of nitrogens with one attached hydrogen (secondary N) is 1. The van der Waals surface area contributed by atoms with Gasteiger partial charge in [0.05, 0.1) is 18.2 Å². The van der Waals surface area contributed by atoms with E-state index in [4.69, 9.17) is 10.5 Å². The highest BCUT2D eigenvalue weighted by Gasteiger charge is 2.18. The molecule has 1 heterocycles. The van der Waals surface area contributed by atoms with Crippen molar-refractivity contribution >= 4 is 51.0 Å². The fourth-order valence-electron chi connectivity index (χ4n) is 2.84. The molecule has 0 spiro atoms. The van der Waals surface area contributed by atoms with Crippen molar-refractivity contribution in [2.75, 3.05) is 16.9 Å². The molecule has 0 aliphatic heterocycles. The number of carbonyl (C=O) groups is 2. The van der Waals surface area contributed by atoms with E-state index in [-0.39, 0.29) is 11.5 Å². The number of hydrogen-bond donors (Lipinski definition) is 2. The lowest BCUT2D eigenvalue weighted by Crippen LogP contribution is -2.16. The number of ether oxygens (including phenoxy) is 1. The van der Waals surface area contributed by atoms with Gasteiger partial charge >= 0.3 is 0 Å². The average Bonchev–Trinajstić information content (AvgIpc) is 3.05. The Labute approximate surface area is 170 Å². The number of aryl methyl sites for hydroxylation is 1. The maximum absolute atomic E-state index is 12.8. The minimum absolute atomic E-state index is 0.202. The molecule has 0 fully saturated rings. The number of nitrogens with two attached hydrogens (primary N) is 1. The summed E-state index contributed by atoms with van der Waals surface area (Å²) in [6.45, 7) is 0.741. The zero-order valence-corrected chi connectivity index (χ0v) is 16.9. The number of amides is 2. The van der Waals surface area contributed by atoms with Crippen molar-refractivity contribution in [2.45, 2.75) is 13.0 Å². The monoisotopic (exact) mass is 478 g/mol. The average molecular weight is 478 g/mol. The molecule has 0 unspecified atom stereocenters. The molecular formula is C19H19IN4O3. The maximum Gasteiger partial charge on any atom is 0.276 e. The Morgan fingerprint density at radius 2 is 2.04 bits per heavy atom. The number of hydrogen-bond acceptors (Lipinski definition) is 4. The minimum atomic E-state index is -0.628. The van der Waals surface area contributed by atoms with Crippen LogP contribution in [0.2, 0.25) is 0 Å². The fourth-order valence-corrected chi connectivity index (χ4v) is 3.18. The second-order valence-electron chi connectivity index (χ2n) is 5.86. The van der Waals surface area contributed by atoms with Gasteiger partial charge < -0.3 is 15.8 Å². The first-order chi connectivity index (χ1) is 13.0. The van der Waals surface area contributed by atoms with Gasteiger partial charge in [-0.1, -0.05) is 40.8 Å². The Hall–Kier alpha value is -2.62. The summed E-state index contributed by atoms with van der Waals surface area (Å²) in [5.74, 6) is -0.620. The number of carbonyl (C=O) groups excluding carboxylic acids is 2. The summed E-state index contributed by atoms with van der Waals surface area (Å²) in [6.07, 6.45) is 0.966. The Morgan fingerprint density at radius 1 is 1.26 bits per heavy atom. The third-order valence-electron chi connectivity index (χ3n) is 4.10. The number of primary amides is 1. The van der Waals surface area contributed by atoms with Crippen LogP contribution in [-0.2, 0) is 6.54 Å². The first kappa shape index (κ1) is 19.2. The van der Waals surface area contributed by atoms with Gasteiger partial charge in [-0.2, -0.15) is 5.10 Å². The molecule has 27 heavy (non-hydrogen) atoms. The van der Waals surface area contributed by atoms with Gasteiger partial charge in [0.1, 0.15) is 5.75 Å². The zero-order chi connectivity index (χ0) is 19.4. The number of methoxy groups -OCH3 is 1. The molecule has 140 valence electrons. The number of alkyl halides is 1. The minimum Gasteiger partial charge on any atom is -0.496 e. The molecule has 2 aromatic carbocycles. The van der Waals surface area contributed by atoms with Gasteiger partial charge in [-0.25, -0.2) is 0 Å². The lowest BCUT2D eigenvalue weighted by atomic mass is 10.1. The number of rotatable bonds is 7. The van der Waals surface area contributed by atoms with Gasteiger partial charge in [-0.15, -0.1) is 0 Å². The quantitative estimate of drug-likeness (QED) is 0.403. The van der Waals surface area contributed by atoms with E-state index in [1.54, 1.807) is 12.1 Å². The molecule has 0 aliphatic rings. The van der Waals surface area contributed by atoms with Crippen LogP contribution in [0.15, 0.2) is 42.5 Å². The normalized spacial score (nSPS) is 10.7. The molecule has 0 radical (unpaired) electrons. The molecule has 3 N–H and O–H groups in total. The van der Waals surface area contributed by atoms with Crippen molar-refractivity contribution in [1.29, 1.82) is 0 Å². The SMILES string of the molecule is COc1ccc(NC(=O)c2nn(CCCI)c3ccccc23)cc1C(N)=O. The topological polar surface area (TPSA) is 99.2 Å². The van der Waals surface area contributed by atoms with Crippen LogP contribution >= 0.6 is 22.6 Å². The summed E-state index contributed by atoms with van der Waals surface area (Å²) in [7, 11) is 1.45. The number of halogens is 1. The highest BCUT2D eigenvalue weighted by molar-refractivity contribution is 14.1. The van der Waals surface area contributed by atoms with Crippen LogP contribution < -0.4 is 15.8 Å². The second kappa shape index (κ2) is 8.38. The molecule has 7 nitrogen and oxygen atoms in total. The van der Waals surface area contributed by atoms with Crippen LogP contribution in [0.4, 0.5) is 5.69 Å². The third kappa shape index (κ3) is 4.05. The summed E-state index contributed by atoms with van der Waals surface area (Å²) < 4.78 is 7.98. The van der Waals surface area contributed by atoms with E-state index in [0.29, 0.717) is 17.1 Å². The van der Waals surface area contributed by atoms with Crippen molar-refractivity contribution in [3.8, 4) is 5.75 Å². The van der Waals surface area contributed by atoms with E-state index in [0.717, 1.165) is 28.3 Å². The number of benzene rings is 2. The van der Waals surface area contributed by atoms with Crippen molar-refractivity contribution in [3.63, 3.8) is 0 Å². The van der Waals surface area contributed by atoms with Crippen molar-refractivity contribution in [1.82, 2.24) is 9.78 Å². The number of fused-ring (bicyclic) bond motifs is 1. The first-order valence-electron chi connectivity index (χ1n) is 8.36. The number of anilines is 1. The summed E-state index contributed by atoms with van der Waals surface area (Å²) in [5.41, 5.74) is 7.28. The van der Waals surface area contributed by atoms with Crippen LogP contribution in [0, 0.1) is 0 Å². The molecule has 0 saturated heterocycles. The van der Waals surface area contributed by atoms with E-state index >= 15 is 0 Å². The highest BCUT2D eigenvalue weighted by Crippen LogP contribution is 2.24. The highest BCUT2D eigenvalue weighted by atomic mass is 127. The molecule has 0 bridgehead atoms. The third-order valence-corrected chi connectivity index (χ3v) is 4.86. The second-order valence-corrected chi connectivity index (χ2v) is 6.94. The van der Waals surface area contributed by atoms with E-state index in [1.165, 1.54) is 13.2 Å². The molecule has 8 heteroatoms. The maximum atomic E-state index is 12.8. The Morgan fingerprint density at radius 3 is 2.74 bits per heavy atom. The molecular weight excluding hydrogens is 459 g/mol. The largest absolute Gasteiger partial charge is 0.496 e. The summed E-state index contributed by atoms with van der Waals surface area (Å²) in [5, 5.41) is 8.07. The molecule has 3 rings (SSSR count). The standard InChI is InChI=1S/C19H19IN4O3/c1-27-16-8-7-12(11-14(16)18(21)25)22-19(26)17-13-5-2-3-6-15(13)24(23-17)10-4-9-20/h2-3,5-8,11H,4,9-10H2,1H3,(H2,21,25)(H,22,26). The summed E-state index contributed by atoms with van der Waals surface area (Å²) in [6, 6.07) is 12.4. The predicted molar refractivity (Wildman–Crippen MR) is 113 cm³/mol. The Bertz CT molecular complexity index is 1000. The van der Waals surface area contributed by atoms with Gasteiger partial charge in [0, 0.05) is 22.0 Å². The van der Waals surface area contributed by atoms with Crippen LogP contribution in [0.25, 0.3) is 10.9 Å². The smallest absolute Gasteiger partial charge is 0.276 e. The zero-order valence-electron chi connectivity index (χ0n) is 14.7. The van der Waals surface area contributed by atoms with Crippen LogP contribution in [0.3, 0.4) is 0 Å². The van der Waals surface area contributed by atoms with Crippen molar-refractivity contribution < 1.29 is 14.3 Å². The van der Waals surface area contributed by atoms with Gasteiger partial charge in [0.2, 0.25) is 0 Å². The summed E-state index contributed by atoms with van der Waals surface area (Å²) in [4.78, 5) is 24.4. The van der Waals surface area contributed by atoms with Crippen LogP contribution in [0.5, 0.6) is 5.75 Å². The molecule has 0 aliphatic carbocycles. The van der Waals surface area contributed by atoms with Gasteiger partial charge in [-0.3, -0.25) is 14.3 Å². The van der Waals surface area contributed by atoms with Crippen molar-refractivity contribution in [3.05, 3.63) is 53.7 Å². The summed E-state index contributed by atoms with van der Waals surface area (Å²) >= 11 is 2.32. The van der Waals surface area contributed by atoms with E-state index in [1.807, 2.05) is 28.9 Å². The lowest BCUT2D eigenvalue weighted by molar-refractivity contribution is 0.0993. The first-order valence-corrected chi connectivity index (χ1v) is 9.88. The lowest BCUT2D eigenvalue weighted by Gasteiger charge is -2.09. The molecule has 0 atom stereocenters. The molecule has 3 aromatic rings. The number of aromatic nitrogens is 2. The van der Waals surface area contributed by atoms with E-state index < -0.39 is 5.91 Å². The molecule has 0 saturated carbocycles. The van der Waals surface area contributed by atoms with Gasteiger partial charge in [0.15, 0.2) is 5.69 Å². The van der Waals surface area contributed by atoms with E-state index in [2.05, 4.69) is 33.0 Å². The van der Waals surface area contributed by atoms with Crippen LogP contribution in [-0.4, -0.2) is 33.1 Å². The molecule has 2 amide bonds. The van der Waals surface area contributed by atoms with Gasteiger partial charge in [0.25, 0.3) is 11.8 Å². The number of nitrogens with zero attached hydrogens (tertiary/aromatic N) is 2. The fraction of sp³-hybridized carbons (Fsp3) is 0.211. The van der Waals surface area contributed by atoms with Crippen molar-refractivity contribution in [2.24, 2.45) is 5.73 Å². The Kier molecular flexibility index (Phi) is 5.94. The predicted octanol–water partition coefficient (Wildman–Crippen LogP) is 3.22. The van der Waals surface area contributed by atoms with Crippen LogP contribution in [0.1, 0.15) is 27.3 Å². The molecule has 1 aromatic heterocycles. The Balaban J connectivity index is 1.93. The van der Waals surface area contributed by atoms with Gasteiger partial charge in [-0.05, 0) is 30.7 Å². The number of para-hydroxylation sites is 1.